The van der Waals surface area contributed by atoms with Crippen molar-refractivity contribution in [3.05, 3.63) is 48.3 Å². The van der Waals surface area contributed by atoms with Crippen LogP contribution in [0.15, 0.2) is 42.7 Å². The number of aromatic nitrogens is 2. The summed E-state index contributed by atoms with van der Waals surface area (Å²) in [4.78, 5) is 31.6. The summed E-state index contributed by atoms with van der Waals surface area (Å²) < 4.78 is 0. The van der Waals surface area contributed by atoms with Crippen molar-refractivity contribution in [3.63, 3.8) is 0 Å². The van der Waals surface area contributed by atoms with E-state index in [1.165, 1.54) is 24.8 Å². The van der Waals surface area contributed by atoms with E-state index in [1.54, 1.807) is 0 Å². The van der Waals surface area contributed by atoms with E-state index in [0.717, 1.165) is 83.4 Å². The zero-order valence-corrected chi connectivity index (χ0v) is 19.6. The fraction of sp³-hybridized carbons (Fsp3) is 0.577. The van der Waals surface area contributed by atoms with Crippen molar-refractivity contribution in [2.45, 2.75) is 38.6 Å². The third-order valence-electron chi connectivity index (χ3n) is 7.41. The molecule has 3 saturated heterocycles. The number of anilines is 2. The third kappa shape index (κ3) is 5.46. The maximum absolute atomic E-state index is 13.1. The van der Waals surface area contributed by atoms with Crippen molar-refractivity contribution in [2.75, 3.05) is 62.2 Å². The van der Waals surface area contributed by atoms with Crippen molar-refractivity contribution in [2.24, 2.45) is 5.92 Å². The highest BCUT2D eigenvalue weighted by Gasteiger charge is 2.30. The van der Waals surface area contributed by atoms with Crippen LogP contribution in [0.1, 0.15) is 37.7 Å². The number of nitrogens with zero attached hydrogens (tertiary/aromatic N) is 6. The van der Waals surface area contributed by atoms with Gasteiger partial charge in [0.05, 0.1) is 18.1 Å². The van der Waals surface area contributed by atoms with Gasteiger partial charge >= 0.3 is 0 Å². The van der Waals surface area contributed by atoms with Crippen LogP contribution in [0.5, 0.6) is 0 Å². The minimum absolute atomic E-state index is 0.149. The maximum Gasteiger partial charge on any atom is 0.225 e. The highest BCUT2D eigenvalue weighted by molar-refractivity contribution is 5.79. The first-order chi connectivity index (χ1) is 16.3. The summed E-state index contributed by atoms with van der Waals surface area (Å²) in [6.45, 7) is 8.50. The normalized spacial score (nSPS) is 20.8. The molecule has 3 aliphatic heterocycles. The Morgan fingerprint density at radius 3 is 2.12 bits per heavy atom. The van der Waals surface area contributed by atoms with Gasteiger partial charge < -0.3 is 14.7 Å². The summed E-state index contributed by atoms with van der Waals surface area (Å²) in [5.41, 5.74) is 2.42. The molecular formula is C26H36N6O. The topological polar surface area (TPSA) is 55.8 Å². The molecule has 0 unspecified atom stereocenters. The second-order valence-corrected chi connectivity index (χ2v) is 9.64. The molecule has 0 radical (unpaired) electrons. The van der Waals surface area contributed by atoms with Gasteiger partial charge in [0.25, 0.3) is 0 Å². The molecule has 1 amide bonds. The fourth-order valence-electron chi connectivity index (χ4n) is 5.35. The van der Waals surface area contributed by atoms with E-state index in [0.29, 0.717) is 5.91 Å². The molecule has 0 aliphatic carbocycles. The predicted molar refractivity (Wildman–Crippen MR) is 131 cm³/mol. The summed E-state index contributed by atoms with van der Waals surface area (Å²) in [6, 6.07) is 10.6. The van der Waals surface area contributed by atoms with Crippen LogP contribution < -0.4 is 9.80 Å². The molecule has 33 heavy (non-hydrogen) atoms. The average molecular weight is 449 g/mol. The summed E-state index contributed by atoms with van der Waals surface area (Å²) in [5.74, 6) is 1.36. The minimum Gasteiger partial charge on any atom is -0.369 e. The van der Waals surface area contributed by atoms with Crippen molar-refractivity contribution in [1.29, 1.82) is 0 Å². The van der Waals surface area contributed by atoms with E-state index in [9.17, 15) is 4.79 Å². The van der Waals surface area contributed by atoms with Crippen LogP contribution in [-0.4, -0.2) is 78.0 Å². The number of piperazine rings is 1. The lowest BCUT2D eigenvalue weighted by molar-refractivity contribution is -0.138. The number of benzene rings is 1. The highest BCUT2D eigenvalue weighted by Crippen LogP contribution is 2.25. The van der Waals surface area contributed by atoms with Gasteiger partial charge in [-0.3, -0.25) is 9.69 Å². The summed E-state index contributed by atoms with van der Waals surface area (Å²) in [5, 5.41) is 0. The number of carbonyl (C=O) groups is 1. The highest BCUT2D eigenvalue weighted by atomic mass is 16.2. The quantitative estimate of drug-likeness (QED) is 0.701. The smallest absolute Gasteiger partial charge is 0.225 e. The third-order valence-corrected chi connectivity index (χ3v) is 7.41. The van der Waals surface area contributed by atoms with Crippen LogP contribution in [0.3, 0.4) is 0 Å². The largest absolute Gasteiger partial charge is 0.369 e. The van der Waals surface area contributed by atoms with E-state index >= 15 is 0 Å². The molecule has 1 aromatic heterocycles. The summed E-state index contributed by atoms with van der Waals surface area (Å²) >= 11 is 0. The van der Waals surface area contributed by atoms with E-state index in [1.807, 2.05) is 12.4 Å². The van der Waals surface area contributed by atoms with E-state index in [2.05, 4.69) is 59.9 Å². The molecule has 0 spiro atoms. The van der Waals surface area contributed by atoms with Crippen molar-refractivity contribution in [3.8, 4) is 0 Å². The molecule has 2 aromatic rings. The Kier molecular flexibility index (Phi) is 7.05. The van der Waals surface area contributed by atoms with Gasteiger partial charge in [0, 0.05) is 64.8 Å². The number of hydrogen-bond acceptors (Lipinski definition) is 6. The number of rotatable bonds is 5. The Labute approximate surface area is 197 Å². The molecule has 0 saturated carbocycles. The van der Waals surface area contributed by atoms with Gasteiger partial charge in [0.1, 0.15) is 0 Å². The van der Waals surface area contributed by atoms with Crippen LogP contribution in [0.25, 0.3) is 0 Å². The lowest BCUT2D eigenvalue weighted by Crippen LogP contribution is -2.51. The molecule has 5 rings (SSSR count). The number of hydrogen-bond donors (Lipinski definition) is 0. The van der Waals surface area contributed by atoms with Gasteiger partial charge in [-0.25, -0.2) is 9.97 Å². The minimum atomic E-state index is 0.149. The molecule has 176 valence electrons. The first-order valence-electron chi connectivity index (χ1n) is 12.6. The molecule has 1 aromatic carbocycles. The first-order valence-corrected chi connectivity index (χ1v) is 12.6. The Morgan fingerprint density at radius 1 is 0.788 bits per heavy atom. The Morgan fingerprint density at radius 2 is 1.45 bits per heavy atom. The molecule has 7 nitrogen and oxygen atoms in total. The Bertz CT molecular complexity index is 883. The maximum atomic E-state index is 13.1. The molecule has 0 N–H and O–H groups in total. The van der Waals surface area contributed by atoms with Gasteiger partial charge in [-0.05, 0) is 37.7 Å². The molecular weight excluding hydrogens is 412 g/mol. The first kappa shape index (κ1) is 22.1. The molecule has 3 fully saturated rings. The molecule has 0 atom stereocenters. The Balaban J connectivity index is 1.07. The predicted octanol–water partition coefficient (Wildman–Crippen LogP) is 3.03. The average Bonchev–Trinajstić information content (AvgIpc) is 2.90. The zero-order valence-electron chi connectivity index (χ0n) is 19.6. The van der Waals surface area contributed by atoms with Crippen LogP contribution >= 0.6 is 0 Å². The van der Waals surface area contributed by atoms with Gasteiger partial charge in [0.2, 0.25) is 11.9 Å². The van der Waals surface area contributed by atoms with Crippen LogP contribution in [-0.2, 0) is 11.3 Å². The number of amides is 1. The zero-order chi connectivity index (χ0) is 22.5. The monoisotopic (exact) mass is 448 g/mol. The van der Waals surface area contributed by atoms with Crippen molar-refractivity contribution < 1.29 is 4.79 Å². The van der Waals surface area contributed by atoms with Crippen molar-refractivity contribution in [1.82, 2.24) is 19.8 Å². The number of piperidine rings is 2. The second kappa shape index (κ2) is 10.5. The van der Waals surface area contributed by atoms with Crippen molar-refractivity contribution >= 4 is 17.5 Å². The van der Waals surface area contributed by atoms with Gasteiger partial charge in [0.15, 0.2) is 0 Å². The lowest BCUT2D eigenvalue weighted by Gasteiger charge is -2.39. The Hall–Kier alpha value is -2.67. The summed E-state index contributed by atoms with van der Waals surface area (Å²) in [6.07, 6.45) is 9.53. The lowest BCUT2D eigenvalue weighted by atomic mass is 9.94. The van der Waals surface area contributed by atoms with Crippen LogP contribution in [0.2, 0.25) is 0 Å². The summed E-state index contributed by atoms with van der Waals surface area (Å²) in [7, 11) is 0. The van der Waals surface area contributed by atoms with E-state index in [4.69, 9.17) is 0 Å². The molecule has 4 heterocycles. The molecule has 7 heteroatoms. The van der Waals surface area contributed by atoms with E-state index in [-0.39, 0.29) is 5.92 Å². The van der Waals surface area contributed by atoms with E-state index < -0.39 is 0 Å². The van der Waals surface area contributed by atoms with Gasteiger partial charge in [-0.15, -0.1) is 0 Å². The van der Waals surface area contributed by atoms with Crippen LogP contribution in [0.4, 0.5) is 11.6 Å². The van der Waals surface area contributed by atoms with Gasteiger partial charge in [-0.1, -0.05) is 30.3 Å². The number of carbonyl (C=O) groups excluding carboxylic acids is 1. The second-order valence-electron chi connectivity index (χ2n) is 9.64. The van der Waals surface area contributed by atoms with Crippen LogP contribution in [0, 0.1) is 5.92 Å². The molecule has 3 aliphatic rings. The molecule has 0 bridgehead atoms. The fourth-order valence-corrected chi connectivity index (χ4v) is 5.35. The SMILES string of the molecule is O=C(C1CCN(c2cnc(N3CCCCC3)nc2)CC1)N1CCN(Cc2ccccc2)CC1. The van der Waals surface area contributed by atoms with Gasteiger partial charge in [-0.2, -0.15) is 0 Å². The standard InChI is InChI=1S/C26H36N6O/c33-25(31-17-15-29(16-18-31)21-22-7-3-1-4-8-22)23-9-13-30(14-10-23)24-19-27-26(28-20-24)32-11-5-2-6-12-32/h1,3-4,7-8,19-20,23H,2,5-6,9-18,21H2.